The molecule has 18 heavy (non-hydrogen) atoms. The number of nitrogens with one attached hydrogen (secondary N) is 1. The van der Waals surface area contributed by atoms with Crippen LogP contribution in [0.3, 0.4) is 0 Å². The Labute approximate surface area is 107 Å². The Kier molecular flexibility index (Phi) is 3.85. The molecule has 0 atom stereocenters. The van der Waals surface area contributed by atoms with Crippen LogP contribution >= 0.6 is 11.3 Å². The Morgan fingerprint density at radius 1 is 1.33 bits per heavy atom. The van der Waals surface area contributed by atoms with Gasteiger partial charge >= 0.3 is 0 Å². The van der Waals surface area contributed by atoms with Crippen LogP contribution in [0.15, 0.2) is 24.3 Å². The number of aromatic nitrogens is 2. The number of carbonyl (C=O) groups excluding carboxylic acids is 1. The van der Waals surface area contributed by atoms with E-state index in [-0.39, 0.29) is 22.7 Å². The number of anilines is 2. The number of hydrogen-bond acceptors (Lipinski definition) is 6. The van der Waals surface area contributed by atoms with Crippen molar-refractivity contribution in [2.24, 2.45) is 0 Å². The number of nitrogens with two attached hydrogens (primary N) is 1. The SMILES string of the molecule is Nc1nnc(C(=O)Nc2ccc(CCO)cc2)s1. The number of rotatable bonds is 4. The summed E-state index contributed by atoms with van der Waals surface area (Å²) in [6.07, 6.45) is 0.598. The molecule has 0 bridgehead atoms. The number of hydrogen-bond donors (Lipinski definition) is 3. The minimum atomic E-state index is -0.334. The van der Waals surface area contributed by atoms with Crippen LogP contribution in [0.5, 0.6) is 0 Å². The Morgan fingerprint density at radius 3 is 2.61 bits per heavy atom. The summed E-state index contributed by atoms with van der Waals surface area (Å²) in [5, 5.41) is 19.2. The lowest BCUT2D eigenvalue weighted by Crippen LogP contribution is -2.11. The first-order valence-electron chi connectivity index (χ1n) is 5.29. The lowest BCUT2D eigenvalue weighted by atomic mass is 10.1. The molecule has 1 heterocycles. The van der Waals surface area contributed by atoms with Gasteiger partial charge in [0.25, 0.3) is 5.91 Å². The molecule has 0 saturated carbocycles. The van der Waals surface area contributed by atoms with Gasteiger partial charge in [0.05, 0.1) is 0 Å². The lowest BCUT2D eigenvalue weighted by Gasteiger charge is -2.03. The summed E-state index contributed by atoms with van der Waals surface area (Å²) in [6.45, 7) is 0.107. The molecule has 2 rings (SSSR count). The van der Waals surface area contributed by atoms with E-state index in [1.165, 1.54) is 0 Å². The smallest absolute Gasteiger partial charge is 0.286 e. The van der Waals surface area contributed by atoms with Crippen molar-refractivity contribution in [2.45, 2.75) is 6.42 Å². The molecule has 0 saturated heterocycles. The van der Waals surface area contributed by atoms with E-state index in [1.54, 1.807) is 12.1 Å². The van der Waals surface area contributed by atoms with Gasteiger partial charge in [-0.3, -0.25) is 4.79 Å². The molecule has 0 aliphatic heterocycles. The number of nitrogen functional groups attached to an aromatic ring is 1. The molecule has 0 aliphatic rings. The van der Waals surface area contributed by atoms with Gasteiger partial charge in [0.15, 0.2) is 0 Å². The molecule has 0 aliphatic carbocycles. The highest BCUT2D eigenvalue weighted by Crippen LogP contribution is 2.15. The van der Waals surface area contributed by atoms with Gasteiger partial charge < -0.3 is 16.2 Å². The van der Waals surface area contributed by atoms with Gasteiger partial charge in [-0.05, 0) is 24.1 Å². The molecule has 0 radical (unpaired) electrons. The van der Waals surface area contributed by atoms with E-state index in [0.29, 0.717) is 12.1 Å². The van der Waals surface area contributed by atoms with Gasteiger partial charge in [0.1, 0.15) is 0 Å². The molecule has 0 spiro atoms. The number of nitrogens with zero attached hydrogens (tertiary/aromatic N) is 2. The van der Waals surface area contributed by atoms with Gasteiger partial charge in [-0.2, -0.15) is 0 Å². The predicted octanol–water partition coefficient (Wildman–Crippen LogP) is 0.907. The van der Waals surface area contributed by atoms with Crippen molar-refractivity contribution in [3.05, 3.63) is 34.8 Å². The minimum absolute atomic E-state index is 0.107. The molecule has 0 unspecified atom stereocenters. The fourth-order valence-electron chi connectivity index (χ4n) is 1.39. The Balaban J connectivity index is 2.03. The minimum Gasteiger partial charge on any atom is -0.396 e. The van der Waals surface area contributed by atoms with E-state index in [2.05, 4.69) is 15.5 Å². The van der Waals surface area contributed by atoms with Crippen LogP contribution in [0.2, 0.25) is 0 Å². The number of aliphatic hydroxyl groups is 1. The van der Waals surface area contributed by atoms with Crippen LogP contribution in [0.1, 0.15) is 15.4 Å². The monoisotopic (exact) mass is 264 g/mol. The summed E-state index contributed by atoms with van der Waals surface area (Å²) in [6, 6.07) is 7.24. The first-order valence-corrected chi connectivity index (χ1v) is 6.11. The Bertz CT molecular complexity index is 538. The highest BCUT2D eigenvalue weighted by Gasteiger charge is 2.11. The van der Waals surface area contributed by atoms with E-state index < -0.39 is 0 Å². The van der Waals surface area contributed by atoms with Crippen LogP contribution in [-0.4, -0.2) is 27.8 Å². The summed E-state index contributed by atoms with van der Waals surface area (Å²) in [7, 11) is 0. The molecule has 1 amide bonds. The fourth-order valence-corrected chi connectivity index (χ4v) is 1.90. The van der Waals surface area contributed by atoms with E-state index >= 15 is 0 Å². The third-order valence-electron chi connectivity index (χ3n) is 2.25. The van der Waals surface area contributed by atoms with E-state index in [4.69, 9.17) is 10.8 Å². The van der Waals surface area contributed by atoms with Crippen molar-refractivity contribution >= 4 is 28.1 Å². The molecule has 2 aromatic rings. The number of benzene rings is 1. The van der Waals surface area contributed by atoms with Gasteiger partial charge in [-0.15, -0.1) is 10.2 Å². The van der Waals surface area contributed by atoms with Crippen molar-refractivity contribution in [3.63, 3.8) is 0 Å². The molecule has 7 heteroatoms. The second kappa shape index (κ2) is 5.56. The van der Waals surface area contributed by atoms with Crippen molar-refractivity contribution in [1.29, 1.82) is 0 Å². The first kappa shape index (κ1) is 12.5. The molecule has 1 aromatic heterocycles. The normalized spacial score (nSPS) is 10.3. The van der Waals surface area contributed by atoms with Gasteiger partial charge in [-0.1, -0.05) is 23.5 Å². The van der Waals surface area contributed by atoms with Crippen LogP contribution in [-0.2, 0) is 6.42 Å². The third kappa shape index (κ3) is 3.02. The van der Waals surface area contributed by atoms with Crippen molar-refractivity contribution in [3.8, 4) is 0 Å². The van der Waals surface area contributed by atoms with Crippen molar-refractivity contribution in [1.82, 2.24) is 10.2 Å². The maximum absolute atomic E-state index is 11.7. The average Bonchev–Trinajstić information content (AvgIpc) is 2.79. The summed E-state index contributed by atoms with van der Waals surface area (Å²) >= 11 is 1.04. The van der Waals surface area contributed by atoms with Crippen LogP contribution < -0.4 is 11.1 Å². The second-order valence-corrected chi connectivity index (χ2v) is 4.58. The third-order valence-corrected chi connectivity index (χ3v) is 3.00. The summed E-state index contributed by atoms with van der Waals surface area (Å²) in [4.78, 5) is 11.7. The van der Waals surface area contributed by atoms with Gasteiger partial charge in [0.2, 0.25) is 10.1 Å². The molecule has 94 valence electrons. The molecule has 6 nitrogen and oxygen atoms in total. The van der Waals surface area contributed by atoms with Crippen molar-refractivity contribution in [2.75, 3.05) is 17.7 Å². The summed E-state index contributed by atoms with van der Waals surface area (Å²) < 4.78 is 0. The molecular weight excluding hydrogens is 252 g/mol. The number of carbonyl (C=O) groups is 1. The Morgan fingerprint density at radius 2 is 2.06 bits per heavy atom. The quantitative estimate of drug-likeness (QED) is 0.762. The highest BCUT2D eigenvalue weighted by molar-refractivity contribution is 7.16. The molecular formula is C11H12N4O2S. The topological polar surface area (TPSA) is 101 Å². The van der Waals surface area contributed by atoms with Crippen LogP contribution in [0.4, 0.5) is 10.8 Å². The summed E-state index contributed by atoms with van der Waals surface area (Å²) in [5.74, 6) is -0.334. The zero-order valence-corrected chi connectivity index (χ0v) is 10.3. The predicted molar refractivity (Wildman–Crippen MR) is 69.5 cm³/mol. The number of aliphatic hydroxyl groups excluding tert-OH is 1. The molecule has 4 N–H and O–H groups in total. The Hall–Kier alpha value is -1.99. The van der Waals surface area contributed by atoms with Crippen molar-refractivity contribution < 1.29 is 9.90 Å². The first-order chi connectivity index (χ1) is 8.69. The number of amides is 1. The van der Waals surface area contributed by atoms with Crippen LogP contribution in [0.25, 0.3) is 0 Å². The summed E-state index contributed by atoms with van der Waals surface area (Å²) in [5.41, 5.74) is 7.08. The van der Waals surface area contributed by atoms with E-state index in [0.717, 1.165) is 16.9 Å². The second-order valence-electron chi connectivity index (χ2n) is 3.57. The highest BCUT2D eigenvalue weighted by atomic mass is 32.1. The van der Waals surface area contributed by atoms with Crippen LogP contribution in [0, 0.1) is 0 Å². The van der Waals surface area contributed by atoms with E-state index in [9.17, 15) is 4.79 Å². The lowest BCUT2D eigenvalue weighted by molar-refractivity contribution is 0.102. The zero-order chi connectivity index (χ0) is 13.0. The molecule has 0 fully saturated rings. The largest absolute Gasteiger partial charge is 0.396 e. The zero-order valence-electron chi connectivity index (χ0n) is 9.46. The maximum Gasteiger partial charge on any atom is 0.286 e. The van der Waals surface area contributed by atoms with Gasteiger partial charge in [0, 0.05) is 12.3 Å². The molecule has 1 aromatic carbocycles. The van der Waals surface area contributed by atoms with Gasteiger partial charge in [-0.25, -0.2) is 0 Å². The standard InChI is InChI=1S/C11H12N4O2S/c12-11-15-14-10(18-11)9(17)13-8-3-1-7(2-4-8)5-6-16/h1-4,16H,5-6H2,(H2,12,15)(H,13,17). The maximum atomic E-state index is 11.7. The van der Waals surface area contributed by atoms with E-state index in [1.807, 2.05) is 12.1 Å². The fraction of sp³-hybridized carbons (Fsp3) is 0.182. The average molecular weight is 264 g/mol.